The summed E-state index contributed by atoms with van der Waals surface area (Å²) in [6, 6.07) is 4.23. The van der Waals surface area contributed by atoms with E-state index in [2.05, 4.69) is 33.0 Å². The van der Waals surface area contributed by atoms with Crippen molar-refractivity contribution in [2.75, 3.05) is 13.1 Å². The molecule has 1 aromatic rings. The van der Waals surface area contributed by atoms with Crippen molar-refractivity contribution in [2.45, 2.75) is 25.5 Å². The molecule has 14 heavy (non-hydrogen) atoms. The molecule has 2 nitrogen and oxygen atoms in total. The molecule has 1 fully saturated rings. The van der Waals surface area contributed by atoms with Gasteiger partial charge in [0.05, 0.1) is 9.89 Å². The number of nitrogens with zero attached hydrogens (tertiary/aromatic N) is 1. The monoisotopic (exact) mass is 275 g/mol. The first-order valence-electron chi connectivity index (χ1n) is 4.88. The SMILES string of the molecule is O[C@@H]1CCCN(Cc2ccc(Br)s2)C1. The summed E-state index contributed by atoms with van der Waals surface area (Å²) in [5.74, 6) is 0. The van der Waals surface area contributed by atoms with Gasteiger partial charge < -0.3 is 5.11 Å². The maximum atomic E-state index is 9.52. The highest BCUT2D eigenvalue weighted by Gasteiger charge is 2.17. The Kier molecular flexibility index (Phi) is 3.60. The fourth-order valence-electron chi connectivity index (χ4n) is 1.83. The zero-order valence-corrected chi connectivity index (χ0v) is 10.4. The summed E-state index contributed by atoms with van der Waals surface area (Å²) in [5.41, 5.74) is 0. The minimum atomic E-state index is -0.118. The third kappa shape index (κ3) is 2.79. The lowest BCUT2D eigenvalue weighted by molar-refractivity contribution is 0.0673. The lowest BCUT2D eigenvalue weighted by Gasteiger charge is -2.29. The van der Waals surface area contributed by atoms with E-state index in [-0.39, 0.29) is 6.10 Å². The van der Waals surface area contributed by atoms with Gasteiger partial charge in [-0.1, -0.05) is 0 Å². The molecule has 0 unspecified atom stereocenters. The Morgan fingerprint density at radius 3 is 3.07 bits per heavy atom. The summed E-state index contributed by atoms with van der Waals surface area (Å²) in [5, 5.41) is 9.52. The summed E-state index contributed by atoms with van der Waals surface area (Å²) < 4.78 is 1.19. The standard InChI is InChI=1S/C10H14BrNOS/c11-10-4-3-9(14-10)7-12-5-1-2-8(13)6-12/h3-4,8,13H,1-2,5-7H2/t8-/m1/s1. The predicted molar refractivity (Wildman–Crippen MR) is 62.5 cm³/mol. The summed E-state index contributed by atoms with van der Waals surface area (Å²) in [6.07, 6.45) is 1.96. The van der Waals surface area contributed by atoms with Gasteiger partial charge in [-0.3, -0.25) is 4.90 Å². The lowest BCUT2D eigenvalue weighted by atomic mass is 10.1. The zero-order chi connectivity index (χ0) is 9.97. The Morgan fingerprint density at radius 2 is 2.43 bits per heavy atom. The molecule has 0 spiro atoms. The number of rotatable bonds is 2. The second-order valence-electron chi connectivity index (χ2n) is 3.74. The number of β-amino-alcohol motifs (C(OH)–C–C–N with tert-alkyl or cyclic N) is 1. The van der Waals surface area contributed by atoms with Gasteiger partial charge in [-0.2, -0.15) is 0 Å². The fraction of sp³-hybridized carbons (Fsp3) is 0.600. The van der Waals surface area contributed by atoms with Crippen LogP contribution in [0.4, 0.5) is 0 Å². The van der Waals surface area contributed by atoms with E-state index < -0.39 is 0 Å². The van der Waals surface area contributed by atoms with Gasteiger partial charge in [0.2, 0.25) is 0 Å². The largest absolute Gasteiger partial charge is 0.392 e. The third-order valence-electron chi connectivity index (χ3n) is 2.49. The molecule has 78 valence electrons. The molecular weight excluding hydrogens is 262 g/mol. The molecule has 1 aliphatic rings. The van der Waals surface area contributed by atoms with Crippen molar-refractivity contribution >= 4 is 27.3 Å². The van der Waals surface area contributed by atoms with Crippen LogP contribution in [0.1, 0.15) is 17.7 Å². The van der Waals surface area contributed by atoms with Gasteiger partial charge in [-0.25, -0.2) is 0 Å². The molecule has 1 aromatic heterocycles. The van der Waals surface area contributed by atoms with Crippen LogP contribution in [0, 0.1) is 0 Å². The zero-order valence-electron chi connectivity index (χ0n) is 7.95. The molecule has 1 aliphatic heterocycles. The molecule has 1 N–H and O–H groups in total. The second-order valence-corrected chi connectivity index (χ2v) is 6.28. The van der Waals surface area contributed by atoms with Crippen LogP contribution in [0.15, 0.2) is 15.9 Å². The Hall–Kier alpha value is 0.1000. The molecule has 0 saturated carbocycles. The van der Waals surface area contributed by atoms with E-state index in [1.807, 2.05) is 0 Å². The molecule has 0 amide bonds. The highest BCUT2D eigenvalue weighted by atomic mass is 79.9. The summed E-state index contributed by atoms with van der Waals surface area (Å²) in [6.45, 7) is 2.93. The number of likely N-dealkylation sites (tertiary alicyclic amines) is 1. The Morgan fingerprint density at radius 1 is 1.57 bits per heavy atom. The normalized spacial score (nSPS) is 24.0. The molecular formula is C10H14BrNOS. The van der Waals surface area contributed by atoms with Crippen molar-refractivity contribution in [3.63, 3.8) is 0 Å². The van der Waals surface area contributed by atoms with E-state index in [0.29, 0.717) is 0 Å². The number of aliphatic hydroxyl groups is 1. The Labute approximate surface area is 96.7 Å². The first-order chi connectivity index (χ1) is 6.74. The van der Waals surface area contributed by atoms with Crippen LogP contribution in [-0.4, -0.2) is 29.2 Å². The van der Waals surface area contributed by atoms with Crippen molar-refractivity contribution in [2.24, 2.45) is 0 Å². The number of hydrogen-bond acceptors (Lipinski definition) is 3. The molecule has 0 aromatic carbocycles. The highest BCUT2D eigenvalue weighted by molar-refractivity contribution is 9.11. The van der Waals surface area contributed by atoms with E-state index in [0.717, 1.165) is 32.5 Å². The van der Waals surface area contributed by atoms with Crippen molar-refractivity contribution in [1.82, 2.24) is 4.90 Å². The molecule has 0 bridgehead atoms. The van der Waals surface area contributed by atoms with E-state index in [9.17, 15) is 5.11 Å². The molecule has 1 saturated heterocycles. The van der Waals surface area contributed by atoms with Crippen LogP contribution in [-0.2, 0) is 6.54 Å². The van der Waals surface area contributed by atoms with Crippen LogP contribution >= 0.6 is 27.3 Å². The highest BCUT2D eigenvalue weighted by Crippen LogP contribution is 2.24. The first-order valence-corrected chi connectivity index (χ1v) is 6.49. The second kappa shape index (κ2) is 4.75. The fourth-order valence-corrected chi connectivity index (χ4v) is 3.36. The molecule has 4 heteroatoms. The van der Waals surface area contributed by atoms with Gasteiger partial charge in [0, 0.05) is 18.0 Å². The summed E-state index contributed by atoms with van der Waals surface area (Å²) >= 11 is 5.24. The lowest BCUT2D eigenvalue weighted by Crippen LogP contribution is -2.37. The number of halogens is 1. The van der Waals surface area contributed by atoms with Crippen LogP contribution in [0.2, 0.25) is 0 Å². The molecule has 2 rings (SSSR count). The van der Waals surface area contributed by atoms with Gasteiger partial charge in [0.15, 0.2) is 0 Å². The van der Waals surface area contributed by atoms with Gasteiger partial charge in [-0.15, -0.1) is 11.3 Å². The van der Waals surface area contributed by atoms with Crippen molar-refractivity contribution in [3.8, 4) is 0 Å². The van der Waals surface area contributed by atoms with E-state index >= 15 is 0 Å². The van der Waals surface area contributed by atoms with Crippen LogP contribution in [0.25, 0.3) is 0 Å². The van der Waals surface area contributed by atoms with E-state index in [1.165, 1.54) is 8.66 Å². The van der Waals surface area contributed by atoms with Crippen molar-refractivity contribution in [3.05, 3.63) is 20.8 Å². The number of thiophene rings is 1. The minimum Gasteiger partial charge on any atom is -0.392 e. The Balaban J connectivity index is 1.90. The van der Waals surface area contributed by atoms with Crippen LogP contribution in [0.5, 0.6) is 0 Å². The van der Waals surface area contributed by atoms with E-state index in [1.54, 1.807) is 11.3 Å². The van der Waals surface area contributed by atoms with Crippen LogP contribution < -0.4 is 0 Å². The van der Waals surface area contributed by atoms with Crippen molar-refractivity contribution in [1.29, 1.82) is 0 Å². The number of aliphatic hydroxyl groups excluding tert-OH is 1. The molecule has 2 heterocycles. The van der Waals surface area contributed by atoms with Gasteiger partial charge >= 0.3 is 0 Å². The maximum Gasteiger partial charge on any atom is 0.0701 e. The van der Waals surface area contributed by atoms with Gasteiger partial charge in [-0.05, 0) is 47.4 Å². The van der Waals surface area contributed by atoms with Gasteiger partial charge in [0.1, 0.15) is 0 Å². The molecule has 1 atom stereocenters. The molecule has 0 aliphatic carbocycles. The number of hydrogen-bond donors (Lipinski definition) is 1. The summed E-state index contributed by atoms with van der Waals surface area (Å²) in [4.78, 5) is 3.69. The van der Waals surface area contributed by atoms with E-state index in [4.69, 9.17) is 0 Å². The average molecular weight is 276 g/mol. The third-order valence-corrected chi connectivity index (χ3v) is 4.10. The average Bonchev–Trinajstić information content (AvgIpc) is 2.51. The quantitative estimate of drug-likeness (QED) is 0.897. The smallest absolute Gasteiger partial charge is 0.0701 e. The predicted octanol–water partition coefficient (Wildman–Crippen LogP) is 2.47. The maximum absolute atomic E-state index is 9.52. The summed E-state index contributed by atoms with van der Waals surface area (Å²) in [7, 11) is 0. The number of piperidine rings is 1. The minimum absolute atomic E-state index is 0.118. The topological polar surface area (TPSA) is 23.5 Å². The van der Waals surface area contributed by atoms with Crippen molar-refractivity contribution < 1.29 is 5.11 Å². The first kappa shape index (κ1) is 10.6. The Bertz CT molecular complexity index is 302. The van der Waals surface area contributed by atoms with Crippen LogP contribution in [0.3, 0.4) is 0 Å². The molecule has 0 radical (unpaired) electrons. The van der Waals surface area contributed by atoms with Gasteiger partial charge in [0.25, 0.3) is 0 Å².